The Morgan fingerprint density at radius 1 is 1.16 bits per heavy atom. The van der Waals surface area contributed by atoms with Crippen LogP contribution in [0, 0.1) is 6.92 Å². The fraction of sp³-hybridized carbons (Fsp3) is 0.647. The van der Waals surface area contributed by atoms with E-state index in [2.05, 4.69) is 37.4 Å². The fourth-order valence-corrected chi connectivity index (χ4v) is 2.76. The van der Waals surface area contributed by atoms with Gasteiger partial charge in [0.1, 0.15) is 5.75 Å². The molecule has 0 atom stereocenters. The number of benzene rings is 1. The maximum Gasteiger partial charge on any atom is 0.124 e. The molecule has 1 aromatic carbocycles. The molecule has 0 aromatic heterocycles. The van der Waals surface area contributed by atoms with Crippen molar-refractivity contribution >= 4 is 0 Å². The molecule has 1 N–H and O–H groups in total. The van der Waals surface area contributed by atoms with Crippen LogP contribution < -0.4 is 10.1 Å². The Morgan fingerprint density at radius 3 is 2.58 bits per heavy atom. The van der Waals surface area contributed by atoms with Gasteiger partial charge >= 0.3 is 0 Å². The summed E-state index contributed by atoms with van der Waals surface area (Å²) in [5, 5.41) is 3.40. The minimum absolute atomic E-state index is 0.422. The van der Waals surface area contributed by atoms with Gasteiger partial charge in [0, 0.05) is 12.1 Å². The number of ether oxygens (including phenoxy) is 1. The summed E-state index contributed by atoms with van der Waals surface area (Å²) >= 11 is 0. The standard InChI is InChI=1S/C17H27NO/c1-3-18-13-15-12-14(2)10-11-17(15)19-16-8-6-4-5-7-9-16/h10-12,16,18H,3-9,13H2,1-2H3. The van der Waals surface area contributed by atoms with E-state index in [1.807, 2.05) is 0 Å². The summed E-state index contributed by atoms with van der Waals surface area (Å²) < 4.78 is 6.28. The van der Waals surface area contributed by atoms with Crippen molar-refractivity contribution in [1.29, 1.82) is 0 Å². The van der Waals surface area contributed by atoms with Gasteiger partial charge in [-0.05, 0) is 45.2 Å². The Labute approximate surface area is 117 Å². The molecule has 0 unspecified atom stereocenters. The van der Waals surface area contributed by atoms with Crippen LogP contribution in [0.2, 0.25) is 0 Å². The van der Waals surface area contributed by atoms with Crippen LogP contribution >= 0.6 is 0 Å². The molecular formula is C17H27NO. The number of hydrogen-bond donors (Lipinski definition) is 1. The zero-order chi connectivity index (χ0) is 13.5. The number of rotatable bonds is 5. The molecule has 1 aromatic rings. The summed E-state index contributed by atoms with van der Waals surface area (Å²) in [7, 11) is 0. The van der Waals surface area contributed by atoms with E-state index in [9.17, 15) is 0 Å². The molecule has 0 heterocycles. The van der Waals surface area contributed by atoms with E-state index in [1.165, 1.54) is 49.7 Å². The van der Waals surface area contributed by atoms with Crippen molar-refractivity contribution in [2.24, 2.45) is 0 Å². The third kappa shape index (κ3) is 4.54. The Bertz CT molecular complexity index is 381. The summed E-state index contributed by atoms with van der Waals surface area (Å²) in [6.07, 6.45) is 8.24. The molecule has 1 saturated carbocycles. The molecular weight excluding hydrogens is 234 g/mol. The predicted molar refractivity (Wildman–Crippen MR) is 80.7 cm³/mol. The lowest BCUT2D eigenvalue weighted by Crippen LogP contribution is -2.18. The van der Waals surface area contributed by atoms with Crippen LogP contribution in [-0.2, 0) is 6.54 Å². The second kappa shape index (κ2) is 7.54. The van der Waals surface area contributed by atoms with Crippen LogP contribution in [0.1, 0.15) is 56.6 Å². The van der Waals surface area contributed by atoms with Crippen molar-refractivity contribution in [2.45, 2.75) is 65.0 Å². The summed E-state index contributed by atoms with van der Waals surface area (Å²) in [6, 6.07) is 6.54. The Morgan fingerprint density at radius 2 is 1.89 bits per heavy atom. The topological polar surface area (TPSA) is 21.3 Å². The quantitative estimate of drug-likeness (QED) is 0.802. The van der Waals surface area contributed by atoms with Crippen molar-refractivity contribution in [1.82, 2.24) is 5.32 Å². The van der Waals surface area contributed by atoms with Gasteiger partial charge in [-0.15, -0.1) is 0 Å². The first-order valence-electron chi connectivity index (χ1n) is 7.76. The minimum atomic E-state index is 0.422. The van der Waals surface area contributed by atoms with Gasteiger partial charge < -0.3 is 10.1 Å². The van der Waals surface area contributed by atoms with Gasteiger partial charge in [0.25, 0.3) is 0 Å². The molecule has 19 heavy (non-hydrogen) atoms. The van der Waals surface area contributed by atoms with Crippen molar-refractivity contribution < 1.29 is 4.74 Å². The van der Waals surface area contributed by atoms with E-state index in [0.29, 0.717) is 6.10 Å². The summed E-state index contributed by atoms with van der Waals surface area (Å²) in [6.45, 7) is 6.18. The van der Waals surface area contributed by atoms with Gasteiger partial charge in [0.15, 0.2) is 0 Å². The second-order valence-electron chi connectivity index (χ2n) is 5.62. The molecule has 1 fully saturated rings. The highest BCUT2D eigenvalue weighted by Gasteiger charge is 2.15. The van der Waals surface area contributed by atoms with Gasteiger partial charge in [0.05, 0.1) is 6.10 Å². The average Bonchev–Trinajstić information content (AvgIpc) is 2.67. The second-order valence-corrected chi connectivity index (χ2v) is 5.62. The van der Waals surface area contributed by atoms with Gasteiger partial charge in [-0.3, -0.25) is 0 Å². The minimum Gasteiger partial charge on any atom is -0.490 e. The normalized spacial score (nSPS) is 17.2. The first kappa shape index (κ1) is 14.4. The highest BCUT2D eigenvalue weighted by molar-refractivity contribution is 5.37. The third-order valence-corrected chi connectivity index (χ3v) is 3.88. The van der Waals surface area contributed by atoms with Crippen LogP contribution in [0.3, 0.4) is 0 Å². The molecule has 0 bridgehead atoms. The van der Waals surface area contributed by atoms with Gasteiger partial charge in [0.2, 0.25) is 0 Å². The molecule has 1 aliphatic carbocycles. The van der Waals surface area contributed by atoms with Crippen LogP contribution in [0.4, 0.5) is 0 Å². The number of aryl methyl sites for hydroxylation is 1. The smallest absolute Gasteiger partial charge is 0.124 e. The summed E-state index contributed by atoms with van der Waals surface area (Å²) in [5.41, 5.74) is 2.60. The first-order valence-corrected chi connectivity index (χ1v) is 7.76. The van der Waals surface area contributed by atoms with Crippen molar-refractivity contribution in [3.63, 3.8) is 0 Å². The van der Waals surface area contributed by atoms with E-state index in [1.54, 1.807) is 0 Å². The van der Waals surface area contributed by atoms with Crippen LogP contribution in [0.25, 0.3) is 0 Å². The fourth-order valence-electron chi connectivity index (χ4n) is 2.76. The van der Waals surface area contributed by atoms with E-state index in [-0.39, 0.29) is 0 Å². The molecule has 0 aliphatic heterocycles. The van der Waals surface area contributed by atoms with Gasteiger partial charge in [-0.2, -0.15) is 0 Å². The molecule has 0 spiro atoms. The molecule has 0 amide bonds. The molecule has 0 radical (unpaired) electrons. The third-order valence-electron chi connectivity index (χ3n) is 3.88. The molecule has 1 aliphatic rings. The lowest BCUT2D eigenvalue weighted by atomic mass is 10.1. The molecule has 0 saturated heterocycles. The van der Waals surface area contributed by atoms with Crippen LogP contribution in [0.15, 0.2) is 18.2 Å². The zero-order valence-corrected chi connectivity index (χ0v) is 12.4. The van der Waals surface area contributed by atoms with E-state index < -0.39 is 0 Å². The average molecular weight is 261 g/mol. The number of hydrogen-bond acceptors (Lipinski definition) is 2. The molecule has 2 rings (SSSR count). The van der Waals surface area contributed by atoms with E-state index >= 15 is 0 Å². The monoisotopic (exact) mass is 261 g/mol. The molecule has 106 valence electrons. The first-order chi connectivity index (χ1) is 9.29. The van der Waals surface area contributed by atoms with Crippen molar-refractivity contribution in [2.75, 3.05) is 6.54 Å². The van der Waals surface area contributed by atoms with Crippen LogP contribution in [-0.4, -0.2) is 12.6 Å². The van der Waals surface area contributed by atoms with E-state index in [0.717, 1.165) is 18.8 Å². The molecule has 2 nitrogen and oxygen atoms in total. The Kier molecular flexibility index (Phi) is 5.71. The predicted octanol–water partition coefficient (Wildman–Crippen LogP) is 4.21. The Balaban J connectivity index is 2.04. The van der Waals surface area contributed by atoms with Crippen LogP contribution in [0.5, 0.6) is 5.75 Å². The summed E-state index contributed by atoms with van der Waals surface area (Å²) in [4.78, 5) is 0. The largest absolute Gasteiger partial charge is 0.490 e. The zero-order valence-electron chi connectivity index (χ0n) is 12.4. The van der Waals surface area contributed by atoms with Gasteiger partial charge in [-0.1, -0.05) is 37.5 Å². The number of nitrogens with one attached hydrogen (secondary N) is 1. The summed E-state index contributed by atoms with van der Waals surface area (Å²) in [5.74, 6) is 1.08. The lowest BCUT2D eigenvalue weighted by molar-refractivity contribution is 0.181. The highest BCUT2D eigenvalue weighted by Crippen LogP contribution is 2.26. The molecule has 2 heteroatoms. The maximum absolute atomic E-state index is 6.28. The van der Waals surface area contributed by atoms with Crippen molar-refractivity contribution in [3.8, 4) is 5.75 Å². The highest BCUT2D eigenvalue weighted by atomic mass is 16.5. The maximum atomic E-state index is 6.28. The van der Waals surface area contributed by atoms with Crippen molar-refractivity contribution in [3.05, 3.63) is 29.3 Å². The SMILES string of the molecule is CCNCc1cc(C)ccc1OC1CCCCCC1. The van der Waals surface area contributed by atoms with Gasteiger partial charge in [-0.25, -0.2) is 0 Å². The van der Waals surface area contributed by atoms with E-state index in [4.69, 9.17) is 4.74 Å². The Hall–Kier alpha value is -1.02. The lowest BCUT2D eigenvalue weighted by Gasteiger charge is -2.20.